The minimum atomic E-state index is -1.52. The van der Waals surface area contributed by atoms with Crippen LogP contribution in [-0.2, 0) is 11.0 Å². The van der Waals surface area contributed by atoms with Gasteiger partial charge in [0.2, 0.25) is 0 Å². The third-order valence-electron chi connectivity index (χ3n) is 8.36. The van der Waals surface area contributed by atoms with Crippen LogP contribution in [0.25, 0.3) is 11.3 Å². The summed E-state index contributed by atoms with van der Waals surface area (Å²) in [6, 6.07) is 10.7. The molecule has 0 saturated heterocycles. The summed E-state index contributed by atoms with van der Waals surface area (Å²) in [6.07, 6.45) is 0.720. The van der Waals surface area contributed by atoms with Gasteiger partial charge in [0.1, 0.15) is 35.6 Å². The number of nitrogens with zero attached hydrogens (tertiary/aromatic N) is 1. The first-order valence-electron chi connectivity index (χ1n) is 14.5. The lowest BCUT2D eigenvalue weighted by Crippen LogP contribution is -2.43. The maximum atomic E-state index is 14.4. The van der Waals surface area contributed by atoms with Crippen molar-refractivity contribution in [3.05, 3.63) is 70.7 Å². The van der Waals surface area contributed by atoms with E-state index in [1.54, 1.807) is 12.1 Å². The molecule has 1 saturated carbocycles. The molecule has 1 aliphatic heterocycles. The molecular formula is C33H38F2N2O6. The van der Waals surface area contributed by atoms with Crippen LogP contribution in [-0.4, -0.2) is 54.6 Å². The SMILES string of the molecule is COc1cc(C(=O)NCC(O)(c2cc3c(c(-c4ccc(F)c(C(C)F)c4)n2)OCCC3(C)C)C2CC2)ccc1OCCO. The third-order valence-corrected chi connectivity index (χ3v) is 8.36. The normalized spacial score (nSPS) is 17.7. The summed E-state index contributed by atoms with van der Waals surface area (Å²) in [7, 11) is 1.46. The van der Waals surface area contributed by atoms with E-state index >= 15 is 0 Å². The summed E-state index contributed by atoms with van der Waals surface area (Å²) in [6.45, 7) is 5.72. The summed E-state index contributed by atoms with van der Waals surface area (Å²) in [5.41, 5.74) is 0.488. The first-order valence-corrected chi connectivity index (χ1v) is 14.5. The number of aromatic nitrogens is 1. The second kappa shape index (κ2) is 12.1. The number of halogens is 2. The average Bonchev–Trinajstić information content (AvgIpc) is 3.84. The fraction of sp³-hybridized carbons (Fsp3) is 0.455. The van der Waals surface area contributed by atoms with Crippen molar-refractivity contribution in [2.75, 3.05) is 33.5 Å². The lowest BCUT2D eigenvalue weighted by atomic mass is 9.77. The van der Waals surface area contributed by atoms with Gasteiger partial charge in [0, 0.05) is 22.3 Å². The number of aliphatic hydroxyl groups excluding tert-OH is 1. The van der Waals surface area contributed by atoms with Gasteiger partial charge in [-0.25, -0.2) is 13.8 Å². The molecular weight excluding hydrogens is 558 g/mol. The Balaban J connectivity index is 1.52. The molecule has 10 heteroatoms. The van der Waals surface area contributed by atoms with E-state index < -0.39 is 23.5 Å². The first kappa shape index (κ1) is 30.7. The largest absolute Gasteiger partial charge is 0.493 e. The molecule has 8 nitrogen and oxygen atoms in total. The van der Waals surface area contributed by atoms with Crippen molar-refractivity contribution < 1.29 is 38.0 Å². The molecule has 2 heterocycles. The quantitative estimate of drug-likeness (QED) is 0.273. The summed E-state index contributed by atoms with van der Waals surface area (Å²) in [4.78, 5) is 18.1. The van der Waals surface area contributed by atoms with Crippen LogP contribution in [0.5, 0.6) is 17.2 Å². The lowest BCUT2D eigenvalue weighted by Gasteiger charge is -2.36. The first-order chi connectivity index (χ1) is 20.5. The highest BCUT2D eigenvalue weighted by Gasteiger charge is 2.48. The number of carbonyl (C=O) groups excluding carboxylic acids is 1. The van der Waals surface area contributed by atoms with Crippen molar-refractivity contribution in [3.63, 3.8) is 0 Å². The zero-order valence-corrected chi connectivity index (χ0v) is 24.9. The van der Waals surface area contributed by atoms with E-state index in [0.29, 0.717) is 46.4 Å². The van der Waals surface area contributed by atoms with Crippen molar-refractivity contribution in [1.29, 1.82) is 0 Å². The Morgan fingerprint density at radius 1 is 1.21 bits per heavy atom. The smallest absolute Gasteiger partial charge is 0.251 e. The van der Waals surface area contributed by atoms with E-state index in [1.807, 2.05) is 6.07 Å². The Morgan fingerprint density at radius 2 is 1.98 bits per heavy atom. The zero-order valence-electron chi connectivity index (χ0n) is 24.9. The van der Waals surface area contributed by atoms with E-state index in [-0.39, 0.29) is 36.7 Å². The molecule has 2 atom stereocenters. The highest BCUT2D eigenvalue weighted by atomic mass is 19.1. The van der Waals surface area contributed by atoms with Crippen LogP contribution in [0.3, 0.4) is 0 Å². The number of hydrogen-bond acceptors (Lipinski definition) is 7. The number of amides is 1. The molecule has 2 unspecified atom stereocenters. The number of hydrogen-bond donors (Lipinski definition) is 3. The minimum absolute atomic E-state index is 0.0820. The molecule has 1 amide bonds. The van der Waals surface area contributed by atoms with Gasteiger partial charge in [0.25, 0.3) is 5.91 Å². The number of ether oxygens (including phenoxy) is 3. The van der Waals surface area contributed by atoms with E-state index in [4.69, 9.17) is 24.3 Å². The maximum Gasteiger partial charge on any atom is 0.251 e. The molecule has 1 aliphatic carbocycles. The van der Waals surface area contributed by atoms with Crippen molar-refractivity contribution in [2.24, 2.45) is 5.92 Å². The minimum Gasteiger partial charge on any atom is -0.493 e. The Bertz CT molecular complexity index is 1510. The van der Waals surface area contributed by atoms with E-state index in [2.05, 4.69) is 19.2 Å². The molecule has 3 N–H and O–H groups in total. The highest BCUT2D eigenvalue weighted by Crippen LogP contribution is 2.49. The van der Waals surface area contributed by atoms with Gasteiger partial charge in [0.15, 0.2) is 11.5 Å². The van der Waals surface area contributed by atoms with Crippen molar-refractivity contribution >= 4 is 5.91 Å². The molecule has 1 fully saturated rings. The third kappa shape index (κ3) is 6.17. The van der Waals surface area contributed by atoms with Crippen LogP contribution in [0.2, 0.25) is 0 Å². The van der Waals surface area contributed by atoms with Gasteiger partial charge in [0.05, 0.1) is 32.6 Å². The highest BCUT2D eigenvalue weighted by molar-refractivity contribution is 5.95. The van der Waals surface area contributed by atoms with Crippen LogP contribution >= 0.6 is 0 Å². The summed E-state index contributed by atoms with van der Waals surface area (Å²) in [5.74, 6) is 0.0475. The second-order valence-electron chi connectivity index (χ2n) is 11.9. The van der Waals surface area contributed by atoms with Crippen molar-refractivity contribution in [1.82, 2.24) is 10.3 Å². The summed E-state index contributed by atoms with van der Waals surface area (Å²) < 4.78 is 45.6. The average molecular weight is 597 g/mol. The van der Waals surface area contributed by atoms with Crippen LogP contribution in [0.4, 0.5) is 8.78 Å². The van der Waals surface area contributed by atoms with Crippen LogP contribution < -0.4 is 19.5 Å². The lowest BCUT2D eigenvalue weighted by molar-refractivity contribution is 0.00924. The fourth-order valence-electron chi connectivity index (χ4n) is 5.54. The van der Waals surface area contributed by atoms with Gasteiger partial charge in [-0.3, -0.25) is 4.79 Å². The molecule has 0 spiro atoms. The number of carbonyl (C=O) groups is 1. The van der Waals surface area contributed by atoms with Crippen molar-refractivity contribution in [3.8, 4) is 28.5 Å². The second-order valence-corrected chi connectivity index (χ2v) is 11.9. The molecule has 3 aromatic rings. The Hall–Kier alpha value is -3.76. The fourth-order valence-corrected chi connectivity index (χ4v) is 5.54. The monoisotopic (exact) mass is 596 g/mol. The standard InChI is InChI=1S/C33H38F2N2O6/c1-19(34)23-15-20(5-9-25(23)35)29-30-24(32(2,3)11-13-43-30)17-28(37-29)33(40,22-7-8-22)18-36-31(39)21-6-10-26(42-14-12-38)27(16-21)41-4/h5-6,9-10,15-17,19,22,38,40H,7-8,11-14,18H2,1-4H3,(H,36,39). The van der Waals surface area contributed by atoms with Gasteiger partial charge >= 0.3 is 0 Å². The molecule has 230 valence electrons. The Morgan fingerprint density at radius 3 is 2.65 bits per heavy atom. The van der Waals surface area contributed by atoms with E-state index in [1.165, 1.54) is 38.3 Å². The topological polar surface area (TPSA) is 110 Å². The maximum absolute atomic E-state index is 14.4. The number of methoxy groups -OCH3 is 1. The number of pyridine rings is 1. The number of fused-ring (bicyclic) bond motifs is 1. The number of aliphatic hydroxyl groups is 2. The number of nitrogens with one attached hydrogen (secondary N) is 1. The molecule has 2 aromatic carbocycles. The van der Waals surface area contributed by atoms with Gasteiger partial charge in [-0.05, 0) is 80.0 Å². The number of alkyl halides is 1. The molecule has 2 aliphatic rings. The zero-order chi connectivity index (χ0) is 30.9. The van der Waals surface area contributed by atoms with Crippen LogP contribution in [0, 0.1) is 11.7 Å². The Kier molecular flexibility index (Phi) is 8.63. The van der Waals surface area contributed by atoms with Crippen LogP contribution in [0.1, 0.15) is 73.4 Å². The Labute approximate surface area is 250 Å². The van der Waals surface area contributed by atoms with Crippen LogP contribution in [0.15, 0.2) is 42.5 Å². The molecule has 43 heavy (non-hydrogen) atoms. The summed E-state index contributed by atoms with van der Waals surface area (Å²) >= 11 is 0. The predicted molar refractivity (Wildman–Crippen MR) is 157 cm³/mol. The van der Waals surface area contributed by atoms with E-state index in [0.717, 1.165) is 24.8 Å². The molecule has 5 rings (SSSR count). The van der Waals surface area contributed by atoms with Crippen molar-refractivity contribution in [2.45, 2.75) is 57.2 Å². The van der Waals surface area contributed by atoms with Gasteiger partial charge in [-0.1, -0.05) is 13.8 Å². The molecule has 1 aromatic heterocycles. The van der Waals surface area contributed by atoms with Gasteiger partial charge in [-0.15, -0.1) is 0 Å². The number of rotatable bonds is 11. The predicted octanol–water partition coefficient (Wildman–Crippen LogP) is 5.39. The van der Waals surface area contributed by atoms with Gasteiger partial charge < -0.3 is 29.7 Å². The number of benzene rings is 2. The molecule has 0 radical (unpaired) electrons. The molecule has 0 bridgehead atoms. The van der Waals surface area contributed by atoms with E-state index in [9.17, 15) is 18.7 Å². The summed E-state index contributed by atoms with van der Waals surface area (Å²) in [5, 5.41) is 24.1. The van der Waals surface area contributed by atoms with Gasteiger partial charge in [-0.2, -0.15) is 0 Å².